The molecular formula is C32H38N2S. The Kier molecular flexibility index (Phi) is 5.88. The summed E-state index contributed by atoms with van der Waals surface area (Å²) >= 11 is 1.67. The first-order valence-corrected chi connectivity index (χ1v) is 14.8. The zero-order chi connectivity index (χ0) is 24.2. The molecule has 0 aliphatic heterocycles. The molecule has 1 heterocycles. The normalized spacial score (nSPS) is 35.2. The third-order valence-electron chi connectivity index (χ3n) is 10.7. The molecule has 0 unspecified atom stereocenters. The van der Waals surface area contributed by atoms with E-state index in [0.717, 1.165) is 46.1 Å². The molecule has 6 rings (SSSR count). The Morgan fingerprint density at radius 2 is 1.91 bits per heavy atom. The van der Waals surface area contributed by atoms with Gasteiger partial charge in [0.15, 0.2) is 0 Å². The molecule has 3 fully saturated rings. The van der Waals surface area contributed by atoms with Crippen LogP contribution in [0.3, 0.4) is 0 Å². The highest BCUT2D eigenvalue weighted by Gasteiger charge is 2.59. The maximum absolute atomic E-state index is 10.3. The summed E-state index contributed by atoms with van der Waals surface area (Å²) in [6.07, 6.45) is 14.2. The van der Waals surface area contributed by atoms with Crippen LogP contribution in [0.2, 0.25) is 0 Å². The zero-order valence-corrected chi connectivity index (χ0v) is 22.2. The number of hydrogen-bond donors (Lipinski definition) is 0. The van der Waals surface area contributed by atoms with E-state index in [1.54, 1.807) is 11.8 Å². The summed E-state index contributed by atoms with van der Waals surface area (Å²) in [5, 5.41) is 11.2. The summed E-state index contributed by atoms with van der Waals surface area (Å²) in [6.45, 7) is 9.09. The van der Waals surface area contributed by atoms with Crippen LogP contribution in [0.4, 0.5) is 0 Å². The molecule has 0 saturated heterocycles. The van der Waals surface area contributed by atoms with Gasteiger partial charge < -0.3 is 0 Å². The SMILES string of the molecule is C=CCSc1nc2c(c(-c3ccccc3)c1C#N)C[C@@H]1[C@@H]3CC[C@H]4CCCC[C@]4(C)[C@@H]3CC[C@]21C. The number of rotatable bonds is 4. The second kappa shape index (κ2) is 8.81. The highest BCUT2D eigenvalue weighted by atomic mass is 32.2. The summed E-state index contributed by atoms with van der Waals surface area (Å²) in [5.41, 5.74) is 6.44. The Hall–Kier alpha value is -2.05. The Morgan fingerprint density at radius 3 is 2.69 bits per heavy atom. The fourth-order valence-corrected chi connectivity index (χ4v) is 9.77. The largest absolute Gasteiger partial charge is 0.244 e. The molecule has 2 nitrogen and oxygen atoms in total. The van der Waals surface area contributed by atoms with Crippen molar-refractivity contribution in [3.05, 3.63) is 59.8 Å². The molecule has 1 aromatic heterocycles. The smallest absolute Gasteiger partial charge is 0.115 e. The molecule has 0 N–H and O–H groups in total. The first-order chi connectivity index (χ1) is 17.0. The summed E-state index contributed by atoms with van der Waals surface area (Å²) < 4.78 is 0. The van der Waals surface area contributed by atoms with Gasteiger partial charge in [-0.3, -0.25) is 0 Å². The molecule has 2 aromatic rings. The molecule has 4 aliphatic carbocycles. The lowest BCUT2D eigenvalue weighted by atomic mass is 9.45. The van der Waals surface area contributed by atoms with Crippen LogP contribution in [0.25, 0.3) is 11.1 Å². The van der Waals surface area contributed by atoms with Crippen LogP contribution < -0.4 is 0 Å². The molecule has 0 radical (unpaired) electrons. The van der Waals surface area contributed by atoms with Gasteiger partial charge in [-0.25, -0.2) is 4.98 Å². The fraction of sp³-hybridized carbons (Fsp3) is 0.562. The van der Waals surface area contributed by atoms with Gasteiger partial charge in [-0.05, 0) is 85.2 Å². The zero-order valence-electron chi connectivity index (χ0n) is 21.4. The molecule has 0 spiro atoms. The number of nitriles is 1. The van der Waals surface area contributed by atoms with E-state index in [2.05, 4.69) is 56.8 Å². The average molecular weight is 483 g/mol. The first-order valence-electron chi connectivity index (χ1n) is 13.8. The number of aromatic nitrogens is 1. The summed E-state index contributed by atoms with van der Waals surface area (Å²) in [5.74, 6) is 4.02. The third-order valence-corrected chi connectivity index (χ3v) is 11.7. The Labute approximate surface area is 215 Å². The number of fused-ring (bicyclic) bond motifs is 7. The van der Waals surface area contributed by atoms with Crippen LogP contribution >= 0.6 is 11.8 Å². The number of pyridine rings is 1. The van der Waals surface area contributed by atoms with E-state index in [9.17, 15) is 5.26 Å². The number of thioether (sulfide) groups is 1. The van der Waals surface area contributed by atoms with Gasteiger partial charge in [0.25, 0.3) is 0 Å². The topological polar surface area (TPSA) is 36.7 Å². The van der Waals surface area contributed by atoms with Gasteiger partial charge in [0, 0.05) is 16.7 Å². The highest BCUT2D eigenvalue weighted by molar-refractivity contribution is 7.99. The van der Waals surface area contributed by atoms with Crippen LogP contribution in [-0.2, 0) is 11.8 Å². The lowest BCUT2D eigenvalue weighted by Gasteiger charge is -2.59. The van der Waals surface area contributed by atoms with Crippen molar-refractivity contribution in [1.29, 1.82) is 5.26 Å². The molecule has 6 atom stereocenters. The van der Waals surface area contributed by atoms with Gasteiger partial charge >= 0.3 is 0 Å². The van der Waals surface area contributed by atoms with Gasteiger partial charge in [-0.2, -0.15) is 5.26 Å². The predicted octanol–water partition coefficient (Wildman–Crippen LogP) is 8.34. The Morgan fingerprint density at radius 1 is 1.09 bits per heavy atom. The number of hydrogen-bond acceptors (Lipinski definition) is 3. The van der Waals surface area contributed by atoms with E-state index in [4.69, 9.17) is 4.98 Å². The van der Waals surface area contributed by atoms with Gasteiger partial charge in [0.05, 0.1) is 11.3 Å². The minimum Gasteiger partial charge on any atom is -0.244 e. The van der Waals surface area contributed by atoms with Crippen LogP contribution in [0.1, 0.15) is 82.0 Å². The molecule has 0 amide bonds. The standard InChI is InChI=1S/C32H38N2S/c1-4-18-35-30-25(20-33)28(21-10-6-5-7-11-21)24-19-27-23-14-13-22-12-8-9-16-31(22,2)26(23)15-17-32(27,3)29(24)34-30/h4-7,10-11,22-23,26-27H,1,8-9,12-19H2,2-3H3/t22-,23-,26-,27-,31+,32+/m1/s1. The van der Waals surface area contributed by atoms with Crippen LogP contribution in [0.15, 0.2) is 48.0 Å². The van der Waals surface area contributed by atoms with Crippen molar-refractivity contribution < 1.29 is 0 Å². The van der Waals surface area contributed by atoms with Gasteiger partial charge in [-0.1, -0.05) is 63.1 Å². The van der Waals surface area contributed by atoms with Crippen molar-refractivity contribution in [3.8, 4) is 17.2 Å². The summed E-state index contributed by atoms with van der Waals surface area (Å²) in [7, 11) is 0. The van der Waals surface area contributed by atoms with Crippen molar-refractivity contribution >= 4 is 11.8 Å². The van der Waals surface area contributed by atoms with Gasteiger partial charge in [-0.15, -0.1) is 18.3 Å². The predicted molar refractivity (Wildman–Crippen MR) is 145 cm³/mol. The summed E-state index contributed by atoms with van der Waals surface area (Å²) in [4.78, 5) is 5.33. The molecule has 0 bridgehead atoms. The van der Waals surface area contributed by atoms with Gasteiger partial charge in [0.2, 0.25) is 0 Å². The Bertz CT molecular complexity index is 1180. The number of nitrogens with zero attached hydrogens (tertiary/aromatic N) is 2. The minimum absolute atomic E-state index is 0.120. The van der Waals surface area contributed by atoms with Crippen molar-refractivity contribution in [1.82, 2.24) is 4.98 Å². The van der Waals surface area contributed by atoms with Crippen molar-refractivity contribution in [3.63, 3.8) is 0 Å². The second-order valence-corrected chi connectivity index (χ2v) is 13.1. The van der Waals surface area contributed by atoms with Gasteiger partial charge in [0.1, 0.15) is 11.1 Å². The monoisotopic (exact) mass is 482 g/mol. The van der Waals surface area contributed by atoms with Crippen molar-refractivity contribution in [2.75, 3.05) is 5.75 Å². The lowest BCUT2D eigenvalue weighted by Crippen LogP contribution is -2.53. The third kappa shape index (κ3) is 3.46. The highest BCUT2D eigenvalue weighted by Crippen LogP contribution is 2.66. The molecule has 35 heavy (non-hydrogen) atoms. The van der Waals surface area contributed by atoms with Crippen LogP contribution in [-0.4, -0.2) is 10.7 Å². The average Bonchev–Trinajstić information content (AvgIpc) is 3.18. The quantitative estimate of drug-likeness (QED) is 0.324. The first kappa shape index (κ1) is 23.4. The van der Waals surface area contributed by atoms with E-state index in [1.165, 1.54) is 68.2 Å². The fourth-order valence-electron chi connectivity index (χ4n) is 9.05. The maximum atomic E-state index is 10.3. The van der Waals surface area contributed by atoms with Crippen molar-refractivity contribution in [2.45, 2.75) is 82.1 Å². The Balaban J connectivity index is 1.48. The number of benzene rings is 1. The van der Waals surface area contributed by atoms with Crippen LogP contribution in [0, 0.1) is 40.4 Å². The minimum atomic E-state index is 0.120. The summed E-state index contributed by atoms with van der Waals surface area (Å²) in [6, 6.07) is 13.2. The molecule has 182 valence electrons. The molecule has 3 saturated carbocycles. The second-order valence-electron chi connectivity index (χ2n) is 12.1. The van der Waals surface area contributed by atoms with Crippen LogP contribution in [0.5, 0.6) is 0 Å². The van der Waals surface area contributed by atoms with E-state index >= 15 is 0 Å². The molecule has 4 aliphatic rings. The molecule has 1 aromatic carbocycles. The molecular weight excluding hydrogens is 444 g/mol. The van der Waals surface area contributed by atoms with E-state index < -0.39 is 0 Å². The maximum Gasteiger partial charge on any atom is 0.115 e. The molecule has 3 heteroatoms. The van der Waals surface area contributed by atoms with E-state index in [1.807, 2.05) is 6.08 Å². The lowest BCUT2D eigenvalue weighted by molar-refractivity contribution is -0.0908. The van der Waals surface area contributed by atoms with E-state index in [-0.39, 0.29) is 5.41 Å². The van der Waals surface area contributed by atoms with Crippen molar-refractivity contribution in [2.24, 2.45) is 29.1 Å². The van der Waals surface area contributed by atoms with E-state index in [0.29, 0.717) is 11.3 Å².